The van der Waals surface area contributed by atoms with Gasteiger partial charge in [0.15, 0.2) is 5.65 Å². The van der Waals surface area contributed by atoms with Gasteiger partial charge in [-0.05, 0) is 24.3 Å². The summed E-state index contributed by atoms with van der Waals surface area (Å²) in [6, 6.07) is 6.81. The van der Waals surface area contributed by atoms with Crippen LogP contribution >= 0.6 is 11.6 Å². The second kappa shape index (κ2) is 8.67. The molecule has 2 amide bonds. The number of hydrogen-bond donors (Lipinski definition) is 2. The van der Waals surface area contributed by atoms with E-state index in [4.69, 9.17) is 22.1 Å². The highest BCUT2D eigenvalue weighted by Gasteiger charge is 2.22. The number of nitrogens with two attached hydrogens (primary N) is 1. The van der Waals surface area contributed by atoms with Crippen molar-refractivity contribution in [3.8, 4) is 17.0 Å². The molecule has 164 valence electrons. The quantitative estimate of drug-likeness (QED) is 0.442. The van der Waals surface area contributed by atoms with Crippen LogP contribution in [-0.2, 0) is 11.3 Å². The highest BCUT2D eigenvalue weighted by molar-refractivity contribution is 6.31. The fourth-order valence-corrected chi connectivity index (χ4v) is 3.39. The maximum absolute atomic E-state index is 13.1. The average molecular weight is 454 g/mol. The lowest BCUT2D eigenvalue weighted by Gasteiger charge is -2.09. The van der Waals surface area contributed by atoms with Crippen LogP contribution in [0.1, 0.15) is 17.3 Å². The molecule has 0 aliphatic heterocycles. The number of benzene rings is 1. The van der Waals surface area contributed by atoms with E-state index in [0.29, 0.717) is 38.9 Å². The van der Waals surface area contributed by atoms with Gasteiger partial charge in [0.25, 0.3) is 5.91 Å². The number of fused-ring (bicyclic) bond motifs is 1. The van der Waals surface area contributed by atoms with Gasteiger partial charge in [-0.15, -0.1) is 0 Å². The molecule has 0 unspecified atom stereocenters. The number of nitrogens with zero attached hydrogens (tertiary/aromatic N) is 5. The van der Waals surface area contributed by atoms with Crippen LogP contribution in [0.15, 0.2) is 49.1 Å². The monoisotopic (exact) mass is 453 g/mol. The first-order chi connectivity index (χ1) is 15.4. The van der Waals surface area contributed by atoms with E-state index in [1.807, 2.05) is 0 Å². The molecule has 0 fully saturated rings. The van der Waals surface area contributed by atoms with Crippen molar-refractivity contribution in [3.63, 3.8) is 0 Å². The van der Waals surface area contributed by atoms with Crippen LogP contribution in [0.3, 0.4) is 0 Å². The van der Waals surface area contributed by atoms with Gasteiger partial charge in [-0.2, -0.15) is 10.2 Å². The first kappa shape index (κ1) is 21.3. The predicted octanol–water partition coefficient (Wildman–Crippen LogP) is 2.63. The van der Waals surface area contributed by atoms with Crippen molar-refractivity contribution in [1.82, 2.24) is 24.4 Å². The molecule has 11 heteroatoms. The molecule has 4 aromatic rings. The Kier molecular flexibility index (Phi) is 5.78. The minimum absolute atomic E-state index is 0.235. The summed E-state index contributed by atoms with van der Waals surface area (Å²) in [6.07, 6.45) is 6.35. The third kappa shape index (κ3) is 4.12. The highest BCUT2D eigenvalue weighted by Crippen LogP contribution is 2.36. The van der Waals surface area contributed by atoms with Gasteiger partial charge >= 0.3 is 0 Å². The van der Waals surface area contributed by atoms with Crippen molar-refractivity contribution in [1.29, 1.82) is 0 Å². The molecule has 3 N–H and O–H groups in total. The number of amides is 2. The number of rotatable bonds is 7. The molecule has 3 aromatic heterocycles. The SMILES string of the molecule is COc1ccc(Cl)cc1-c1nn(C[C@H](C)C(N)=O)cc1NC(=O)c1cnn2cccnc12. The number of anilines is 1. The summed E-state index contributed by atoms with van der Waals surface area (Å²) in [5.74, 6) is -0.805. The number of carbonyl (C=O) groups is 2. The Hall–Kier alpha value is -3.92. The Morgan fingerprint density at radius 1 is 1.34 bits per heavy atom. The maximum atomic E-state index is 13.1. The van der Waals surface area contributed by atoms with Crippen LogP contribution in [0.5, 0.6) is 5.75 Å². The summed E-state index contributed by atoms with van der Waals surface area (Å²) in [5.41, 5.74) is 7.53. The summed E-state index contributed by atoms with van der Waals surface area (Å²) in [7, 11) is 1.53. The predicted molar refractivity (Wildman–Crippen MR) is 119 cm³/mol. The van der Waals surface area contributed by atoms with E-state index in [9.17, 15) is 9.59 Å². The fourth-order valence-electron chi connectivity index (χ4n) is 3.22. The Morgan fingerprint density at radius 2 is 2.16 bits per heavy atom. The van der Waals surface area contributed by atoms with E-state index < -0.39 is 17.7 Å². The van der Waals surface area contributed by atoms with Gasteiger partial charge in [-0.1, -0.05) is 18.5 Å². The van der Waals surface area contributed by atoms with Crippen molar-refractivity contribution in [3.05, 3.63) is 59.6 Å². The number of halogens is 1. The van der Waals surface area contributed by atoms with Crippen LogP contribution in [0.4, 0.5) is 5.69 Å². The number of methoxy groups -OCH3 is 1. The lowest BCUT2D eigenvalue weighted by atomic mass is 10.1. The Labute approximate surface area is 187 Å². The van der Waals surface area contributed by atoms with Gasteiger partial charge in [0, 0.05) is 29.2 Å². The number of ether oxygens (including phenoxy) is 1. The van der Waals surface area contributed by atoms with Crippen LogP contribution in [-0.4, -0.2) is 43.3 Å². The number of primary amides is 1. The van der Waals surface area contributed by atoms with Crippen LogP contribution in [0.2, 0.25) is 5.02 Å². The second-order valence-electron chi connectivity index (χ2n) is 7.16. The maximum Gasteiger partial charge on any atom is 0.261 e. The number of aromatic nitrogens is 5. The van der Waals surface area contributed by atoms with E-state index >= 15 is 0 Å². The molecule has 3 heterocycles. The summed E-state index contributed by atoms with van der Waals surface area (Å²) < 4.78 is 8.51. The fraction of sp³-hybridized carbons (Fsp3) is 0.190. The van der Waals surface area contributed by atoms with E-state index in [-0.39, 0.29) is 6.54 Å². The lowest BCUT2D eigenvalue weighted by molar-refractivity contribution is -0.121. The van der Waals surface area contributed by atoms with E-state index in [1.54, 1.807) is 54.5 Å². The molecule has 1 aromatic carbocycles. The molecule has 0 saturated heterocycles. The number of nitrogens with one attached hydrogen (secondary N) is 1. The lowest BCUT2D eigenvalue weighted by Crippen LogP contribution is -2.24. The standard InChI is InChI=1S/C21H20ClN7O3/c1-12(19(23)30)10-28-11-16(18(27-28)14-8-13(22)4-5-17(14)32-2)26-21(31)15-9-25-29-7-3-6-24-20(15)29/h3-9,11-12H,10H2,1-2H3,(H2,23,30)(H,26,31)/t12-/m0/s1. The van der Waals surface area contributed by atoms with Gasteiger partial charge in [0.2, 0.25) is 5.91 Å². The van der Waals surface area contributed by atoms with E-state index in [0.717, 1.165) is 0 Å². The molecule has 4 rings (SSSR count). The minimum atomic E-state index is -0.462. The summed E-state index contributed by atoms with van der Waals surface area (Å²) in [6.45, 7) is 1.94. The van der Waals surface area contributed by atoms with Gasteiger partial charge in [-0.25, -0.2) is 9.50 Å². The van der Waals surface area contributed by atoms with Crippen molar-refractivity contribution in [2.45, 2.75) is 13.5 Å². The highest BCUT2D eigenvalue weighted by atomic mass is 35.5. The molecule has 0 saturated carbocycles. The Morgan fingerprint density at radius 3 is 2.91 bits per heavy atom. The molecule has 0 aliphatic rings. The zero-order valence-electron chi connectivity index (χ0n) is 17.3. The van der Waals surface area contributed by atoms with E-state index in [2.05, 4.69) is 20.5 Å². The summed E-state index contributed by atoms with van der Waals surface area (Å²) in [5, 5.41) is 12.1. The molecule has 0 radical (unpaired) electrons. The van der Waals surface area contributed by atoms with Crippen LogP contribution < -0.4 is 15.8 Å². The molecule has 1 atom stereocenters. The summed E-state index contributed by atoms with van der Waals surface area (Å²) >= 11 is 6.20. The first-order valence-corrected chi connectivity index (χ1v) is 10.1. The first-order valence-electron chi connectivity index (χ1n) is 9.67. The molecule has 10 nitrogen and oxygen atoms in total. The van der Waals surface area contributed by atoms with Gasteiger partial charge < -0.3 is 15.8 Å². The summed E-state index contributed by atoms with van der Waals surface area (Å²) in [4.78, 5) is 28.8. The largest absolute Gasteiger partial charge is 0.496 e. The molecule has 0 bridgehead atoms. The number of carbonyl (C=O) groups excluding carboxylic acids is 2. The molecular weight excluding hydrogens is 434 g/mol. The second-order valence-corrected chi connectivity index (χ2v) is 7.60. The molecular formula is C21H20ClN7O3. The Balaban J connectivity index is 1.76. The van der Waals surface area contributed by atoms with Crippen molar-refractivity contribution < 1.29 is 14.3 Å². The number of hydrogen-bond acceptors (Lipinski definition) is 6. The van der Waals surface area contributed by atoms with Crippen molar-refractivity contribution in [2.24, 2.45) is 11.7 Å². The van der Waals surface area contributed by atoms with Crippen molar-refractivity contribution >= 4 is 34.7 Å². The minimum Gasteiger partial charge on any atom is -0.496 e. The zero-order valence-corrected chi connectivity index (χ0v) is 18.1. The van der Waals surface area contributed by atoms with Crippen LogP contribution in [0, 0.1) is 5.92 Å². The third-order valence-corrected chi connectivity index (χ3v) is 5.13. The Bertz CT molecular complexity index is 1310. The van der Waals surface area contributed by atoms with E-state index in [1.165, 1.54) is 17.8 Å². The van der Waals surface area contributed by atoms with Gasteiger partial charge in [0.1, 0.15) is 17.0 Å². The van der Waals surface area contributed by atoms with Crippen LogP contribution in [0.25, 0.3) is 16.9 Å². The molecule has 0 aliphatic carbocycles. The average Bonchev–Trinajstić information content (AvgIpc) is 3.37. The van der Waals surface area contributed by atoms with Gasteiger partial charge in [-0.3, -0.25) is 14.3 Å². The normalized spacial score (nSPS) is 12.0. The van der Waals surface area contributed by atoms with Crippen molar-refractivity contribution in [2.75, 3.05) is 12.4 Å². The van der Waals surface area contributed by atoms with Gasteiger partial charge in [0.05, 0.1) is 31.5 Å². The smallest absolute Gasteiger partial charge is 0.261 e. The molecule has 32 heavy (non-hydrogen) atoms. The third-order valence-electron chi connectivity index (χ3n) is 4.90. The zero-order chi connectivity index (χ0) is 22.8. The molecule has 0 spiro atoms. The topological polar surface area (TPSA) is 129 Å².